The third kappa shape index (κ3) is 1.32. The molecule has 1 aromatic rings. The maximum atomic E-state index is 9.13. The summed E-state index contributed by atoms with van der Waals surface area (Å²) in [5.41, 5.74) is 0. The Bertz CT molecular complexity index is 223. The predicted octanol–water partition coefficient (Wildman–Crippen LogP) is 0.880. The van der Waals surface area contributed by atoms with Gasteiger partial charge >= 0.3 is 0 Å². The Morgan fingerprint density at radius 2 is 1.82 bits per heavy atom. The first kappa shape index (κ1) is 6.94. The van der Waals surface area contributed by atoms with Crippen LogP contribution in [-0.2, 0) is 0 Å². The zero-order valence-electron chi connectivity index (χ0n) is 5.82. The molecule has 2 rings (SSSR count). The molecular formula is C7H8O3S. The number of hydrogen-bond donors (Lipinski definition) is 1. The molecule has 0 aliphatic carbocycles. The average Bonchev–Trinajstić information content (AvgIpc) is 2.38. The number of ether oxygens (including phenoxy) is 2. The van der Waals surface area contributed by atoms with Crippen LogP contribution in [-0.4, -0.2) is 24.4 Å². The van der Waals surface area contributed by atoms with Gasteiger partial charge in [-0.3, -0.25) is 0 Å². The molecule has 4 heteroatoms. The van der Waals surface area contributed by atoms with Gasteiger partial charge in [0.25, 0.3) is 0 Å². The van der Waals surface area contributed by atoms with E-state index in [1.807, 2.05) is 10.8 Å². The van der Waals surface area contributed by atoms with E-state index in [9.17, 15) is 0 Å². The van der Waals surface area contributed by atoms with Gasteiger partial charge in [-0.05, 0) is 0 Å². The standard InChI is InChI=1S/C7H8O3S/c8-5-1-9-6-3-11-4-7(6)10-2-5/h3-5,8H,1-2H2. The topological polar surface area (TPSA) is 38.7 Å². The summed E-state index contributed by atoms with van der Waals surface area (Å²) in [6, 6.07) is 0. The molecule has 0 bridgehead atoms. The summed E-state index contributed by atoms with van der Waals surface area (Å²) >= 11 is 1.53. The van der Waals surface area contributed by atoms with E-state index < -0.39 is 6.10 Å². The summed E-state index contributed by atoms with van der Waals surface area (Å²) in [7, 11) is 0. The van der Waals surface area contributed by atoms with Gasteiger partial charge in [-0.25, -0.2) is 0 Å². The second-order valence-corrected chi connectivity index (χ2v) is 3.12. The van der Waals surface area contributed by atoms with Crippen molar-refractivity contribution in [3.8, 4) is 11.5 Å². The van der Waals surface area contributed by atoms with Gasteiger partial charge < -0.3 is 14.6 Å². The summed E-state index contributed by atoms with van der Waals surface area (Å²) in [5, 5.41) is 12.9. The van der Waals surface area contributed by atoms with Crippen molar-refractivity contribution in [2.24, 2.45) is 0 Å². The van der Waals surface area contributed by atoms with E-state index in [4.69, 9.17) is 14.6 Å². The summed E-state index contributed by atoms with van der Waals surface area (Å²) in [4.78, 5) is 0. The molecule has 11 heavy (non-hydrogen) atoms. The molecular weight excluding hydrogens is 164 g/mol. The molecule has 0 fully saturated rings. The quantitative estimate of drug-likeness (QED) is 0.631. The molecule has 1 aliphatic heterocycles. The molecule has 0 atom stereocenters. The minimum atomic E-state index is -0.507. The summed E-state index contributed by atoms with van der Waals surface area (Å²) in [6.45, 7) is 0.646. The highest BCUT2D eigenvalue weighted by Gasteiger charge is 2.15. The first-order chi connectivity index (χ1) is 5.36. The predicted molar refractivity (Wildman–Crippen MR) is 41.3 cm³/mol. The van der Waals surface area contributed by atoms with E-state index in [1.54, 1.807) is 0 Å². The fourth-order valence-electron chi connectivity index (χ4n) is 0.904. The van der Waals surface area contributed by atoms with Crippen LogP contribution in [0.4, 0.5) is 0 Å². The van der Waals surface area contributed by atoms with E-state index in [0.29, 0.717) is 13.2 Å². The molecule has 1 aromatic heterocycles. The Kier molecular flexibility index (Phi) is 1.71. The normalized spacial score (nSPS) is 17.9. The van der Waals surface area contributed by atoms with E-state index in [0.717, 1.165) is 11.5 Å². The van der Waals surface area contributed by atoms with Crippen LogP contribution in [0.3, 0.4) is 0 Å². The molecule has 2 heterocycles. The van der Waals surface area contributed by atoms with Crippen molar-refractivity contribution in [3.05, 3.63) is 10.8 Å². The fourth-order valence-corrected chi connectivity index (χ4v) is 1.59. The van der Waals surface area contributed by atoms with Crippen molar-refractivity contribution in [2.75, 3.05) is 13.2 Å². The minimum Gasteiger partial charge on any atom is -0.486 e. The van der Waals surface area contributed by atoms with Crippen LogP contribution in [0, 0.1) is 0 Å². The van der Waals surface area contributed by atoms with E-state index in [-0.39, 0.29) is 0 Å². The van der Waals surface area contributed by atoms with Gasteiger partial charge in [-0.1, -0.05) is 0 Å². The van der Waals surface area contributed by atoms with E-state index in [2.05, 4.69) is 0 Å². The largest absolute Gasteiger partial charge is 0.486 e. The molecule has 0 radical (unpaired) electrons. The van der Waals surface area contributed by atoms with Crippen molar-refractivity contribution in [3.63, 3.8) is 0 Å². The van der Waals surface area contributed by atoms with Crippen LogP contribution in [0.15, 0.2) is 10.8 Å². The van der Waals surface area contributed by atoms with Crippen LogP contribution in [0.25, 0.3) is 0 Å². The molecule has 1 N–H and O–H groups in total. The Balaban J connectivity index is 2.20. The zero-order valence-corrected chi connectivity index (χ0v) is 6.63. The van der Waals surface area contributed by atoms with Crippen LogP contribution in [0.2, 0.25) is 0 Å². The lowest BCUT2D eigenvalue weighted by Crippen LogP contribution is -2.22. The van der Waals surface area contributed by atoms with Crippen LogP contribution in [0.5, 0.6) is 11.5 Å². The minimum absolute atomic E-state index is 0.323. The Labute approximate surface area is 68.2 Å². The summed E-state index contributed by atoms with van der Waals surface area (Å²) in [5.74, 6) is 1.48. The Hall–Kier alpha value is -0.740. The number of thiophene rings is 1. The average molecular weight is 172 g/mol. The van der Waals surface area contributed by atoms with Gasteiger partial charge in [-0.15, -0.1) is 11.3 Å². The molecule has 0 spiro atoms. The lowest BCUT2D eigenvalue weighted by Gasteiger charge is -2.04. The van der Waals surface area contributed by atoms with Gasteiger partial charge in [-0.2, -0.15) is 0 Å². The Morgan fingerprint density at radius 3 is 2.36 bits per heavy atom. The third-order valence-electron chi connectivity index (χ3n) is 1.46. The number of aliphatic hydroxyl groups is 1. The smallest absolute Gasteiger partial charge is 0.172 e. The fraction of sp³-hybridized carbons (Fsp3) is 0.429. The first-order valence-electron chi connectivity index (χ1n) is 3.36. The van der Waals surface area contributed by atoms with Gasteiger partial charge in [0.2, 0.25) is 0 Å². The molecule has 0 aromatic carbocycles. The maximum absolute atomic E-state index is 9.13. The second-order valence-electron chi connectivity index (χ2n) is 2.38. The molecule has 3 nitrogen and oxygen atoms in total. The van der Waals surface area contributed by atoms with E-state index in [1.165, 1.54) is 11.3 Å². The molecule has 0 saturated carbocycles. The van der Waals surface area contributed by atoms with Crippen LogP contribution in [0.1, 0.15) is 0 Å². The van der Waals surface area contributed by atoms with Gasteiger partial charge in [0.15, 0.2) is 11.5 Å². The van der Waals surface area contributed by atoms with Crippen molar-refractivity contribution < 1.29 is 14.6 Å². The molecule has 1 aliphatic rings. The number of fused-ring (bicyclic) bond motifs is 1. The van der Waals surface area contributed by atoms with E-state index >= 15 is 0 Å². The van der Waals surface area contributed by atoms with Crippen molar-refractivity contribution in [1.82, 2.24) is 0 Å². The molecule has 60 valence electrons. The molecule has 0 saturated heterocycles. The summed E-state index contributed by atoms with van der Waals surface area (Å²) < 4.78 is 10.5. The maximum Gasteiger partial charge on any atom is 0.172 e. The van der Waals surface area contributed by atoms with Crippen LogP contribution < -0.4 is 9.47 Å². The monoisotopic (exact) mass is 172 g/mol. The molecule has 0 unspecified atom stereocenters. The molecule has 0 amide bonds. The lowest BCUT2D eigenvalue weighted by atomic mass is 10.4. The number of aliphatic hydroxyl groups excluding tert-OH is 1. The van der Waals surface area contributed by atoms with Crippen LogP contribution >= 0.6 is 11.3 Å². The van der Waals surface area contributed by atoms with Crippen molar-refractivity contribution in [1.29, 1.82) is 0 Å². The summed E-state index contributed by atoms with van der Waals surface area (Å²) in [6.07, 6.45) is -0.507. The SMILES string of the molecule is OC1COc2cscc2OC1. The van der Waals surface area contributed by atoms with Crippen molar-refractivity contribution >= 4 is 11.3 Å². The van der Waals surface area contributed by atoms with Crippen molar-refractivity contribution in [2.45, 2.75) is 6.10 Å². The number of hydrogen-bond acceptors (Lipinski definition) is 4. The highest BCUT2D eigenvalue weighted by atomic mass is 32.1. The number of rotatable bonds is 0. The highest BCUT2D eigenvalue weighted by Crippen LogP contribution is 2.32. The third-order valence-corrected chi connectivity index (χ3v) is 2.16. The lowest BCUT2D eigenvalue weighted by molar-refractivity contribution is 0.0801. The first-order valence-corrected chi connectivity index (χ1v) is 4.30. The van der Waals surface area contributed by atoms with Gasteiger partial charge in [0.1, 0.15) is 19.3 Å². The highest BCUT2D eigenvalue weighted by molar-refractivity contribution is 7.08. The second kappa shape index (κ2) is 2.71. The Morgan fingerprint density at radius 1 is 1.27 bits per heavy atom. The van der Waals surface area contributed by atoms with Gasteiger partial charge in [0, 0.05) is 10.8 Å². The van der Waals surface area contributed by atoms with Gasteiger partial charge in [0.05, 0.1) is 0 Å². The zero-order chi connectivity index (χ0) is 7.68.